The van der Waals surface area contributed by atoms with Crippen LogP contribution in [0.1, 0.15) is 24.0 Å². The molecular formula is C18H16F3NO3. The monoisotopic (exact) mass is 351 g/mol. The van der Waals surface area contributed by atoms with Crippen molar-refractivity contribution < 1.29 is 27.8 Å². The fourth-order valence-corrected chi connectivity index (χ4v) is 2.71. The van der Waals surface area contributed by atoms with Gasteiger partial charge in [-0.15, -0.1) is 13.2 Å². The molecule has 0 heterocycles. The predicted octanol–water partition coefficient (Wildman–Crippen LogP) is 3.64. The van der Waals surface area contributed by atoms with Crippen molar-refractivity contribution in [3.63, 3.8) is 0 Å². The molecule has 0 atom stereocenters. The molecule has 0 radical (unpaired) electrons. The molecule has 1 aliphatic rings. The number of aromatic hydroxyl groups is 1. The average Bonchev–Trinajstić information content (AvgIpc) is 3.29. The predicted molar refractivity (Wildman–Crippen MR) is 84.0 cm³/mol. The molecule has 1 fully saturated rings. The summed E-state index contributed by atoms with van der Waals surface area (Å²) in [5, 5.41) is 12.1. The summed E-state index contributed by atoms with van der Waals surface area (Å²) in [5.41, 5.74) is 0.687. The van der Waals surface area contributed by atoms with Gasteiger partial charge in [0.25, 0.3) is 0 Å². The number of halogens is 3. The summed E-state index contributed by atoms with van der Waals surface area (Å²) < 4.78 is 41.0. The Morgan fingerprint density at radius 3 is 2.44 bits per heavy atom. The maximum atomic E-state index is 12.4. The highest BCUT2D eigenvalue weighted by molar-refractivity contribution is 5.80. The van der Waals surface area contributed by atoms with Crippen LogP contribution in [0.25, 0.3) is 0 Å². The van der Waals surface area contributed by atoms with Crippen LogP contribution in [0, 0.1) is 0 Å². The van der Waals surface area contributed by atoms with Gasteiger partial charge in [-0.2, -0.15) is 0 Å². The minimum atomic E-state index is -4.75. The van der Waals surface area contributed by atoms with Gasteiger partial charge in [-0.05, 0) is 48.2 Å². The summed E-state index contributed by atoms with van der Waals surface area (Å²) in [6.07, 6.45) is -3.31. The number of phenols is 1. The van der Waals surface area contributed by atoms with Gasteiger partial charge in [0, 0.05) is 0 Å². The van der Waals surface area contributed by atoms with E-state index in [4.69, 9.17) is 0 Å². The Morgan fingerprint density at radius 2 is 1.84 bits per heavy atom. The van der Waals surface area contributed by atoms with E-state index in [9.17, 15) is 23.1 Å². The van der Waals surface area contributed by atoms with Crippen LogP contribution in [-0.4, -0.2) is 17.4 Å². The molecule has 7 heteroatoms. The van der Waals surface area contributed by atoms with E-state index in [0.29, 0.717) is 18.4 Å². The summed E-state index contributed by atoms with van der Waals surface area (Å²) in [6, 6.07) is 12.0. The van der Waals surface area contributed by atoms with E-state index < -0.39 is 11.9 Å². The Hall–Kier alpha value is -2.70. The molecule has 0 saturated heterocycles. The average molecular weight is 351 g/mol. The fraction of sp³-hybridized carbons (Fsp3) is 0.278. The number of hydrogen-bond donors (Lipinski definition) is 2. The minimum Gasteiger partial charge on any atom is -0.508 e. The maximum Gasteiger partial charge on any atom is 0.573 e. The van der Waals surface area contributed by atoms with Gasteiger partial charge in [-0.3, -0.25) is 4.79 Å². The van der Waals surface area contributed by atoms with Gasteiger partial charge in [0.2, 0.25) is 5.91 Å². The number of rotatable bonds is 5. The first-order valence-electron chi connectivity index (χ1n) is 7.71. The van der Waals surface area contributed by atoms with E-state index in [1.54, 1.807) is 18.2 Å². The smallest absolute Gasteiger partial charge is 0.508 e. The number of amides is 1. The number of nitrogens with one attached hydrogen (secondary N) is 1. The van der Waals surface area contributed by atoms with E-state index in [-0.39, 0.29) is 23.8 Å². The van der Waals surface area contributed by atoms with Crippen LogP contribution >= 0.6 is 0 Å². The van der Waals surface area contributed by atoms with Gasteiger partial charge < -0.3 is 15.2 Å². The quantitative estimate of drug-likeness (QED) is 0.865. The van der Waals surface area contributed by atoms with Gasteiger partial charge >= 0.3 is 6.36 Å². The third-order valence-electron chi connectivity index (χ3n) is 4.05. The number of carbonyl (C=O) groups excluding carboxylic acids is 1. The fourth-order valence-electron chi connectivity index (χ4n) is 2.71. The van der Waals surface area contributed by atoms with Crippen LogP contribution in [-0.2, 0) is 16.8 Å². The molecule has 2 N–H and O–H groups in total. The zero-order valence-electron chi connectivity index (χ0n) is 13.1. The van der Waals surface area contributed by atoms with Crippen molar-refractivity contribution in [2.45, 2.75) is 31.2 Å². The lowest BCUT2D eigenvalue weighted by Gasteiger charge is -2.19. The number of alkyl halides is 3. The van der Waals surface area contributed by atoms with E-state index in [0.717, 1.165) is 5.56 Å². The van der Waals surface area contributed by atoms with Gasteiger partial charge in [0.05, 0.1) is 12.0 Å². The first-order chi connectivity index (χ1) is 11.8. The summed E-state index contributed by atoms with van der Waals surface area (Å²) in [4.78, 5) is 12.3. The first-order valence-corrected chi connectivity index (χ1v) is 7.71. The lowest BCUT2D eigenvalue weighted by molar-refractivity contribution is -0.274. The highest BCUT2D eigenvalue weighted by Gasteiger charge is 2.46. The van der Waals surface area contributed by atoms with E-state index in [1.165, 1.54) is 30.3 Å². The largest absolute Gasteiger partial charge is 0.573 e. The molecule has 2 aromatic carbocycles. The van der Waals surface area contributed by atoms with E-state index in [2.05, 4.69) is 10.1 Å². The molecule has 2 aromatic rings. The number of phenolic OH excluding ortho intramolecular Hbond substituents is 1. The molecule has 25 heavy (non-hydrogen) atoms. The molecule has 132 valence electrons. The van der Waals surface area contributed by atoms with Crippen molar-refractivity contribution in [1.29, 1.82) is 0 Å². The summed E-state index contributed by atoms with van der Waals surface area (Å²) >= 11 is 0. The normalized spacial score (nSPS) is 15.5. The number of benzene rings is 2. The van der Waals surface area contributed by atoms with Crippen LogP contribution in [0.15, 0.2) is 48.5 Å². The molecule has 0 bridgehead atoms. The van der Waals surface area contributed by atoms with Crippen LogP contribution < -0.4 is 10.1 Å². The summed E-state index contributed by atoms with van der Waals surface area (Å²) in [6.45, 7) is 0. The maximum absolute atomic E-state index is 12.4. The van der Waals surface area contributed by atoms with Crippen LogP contribution in [0.2, 0.25) is 0 Å². The van der Waals surface area contributed by atoms with Crippen molar-refractivity contribution in [2.24, 2.45) is 0 Å². The van der Waals surface area contributed by atoms with Crippen LogP contribution in [0.4, 0.5) is 13.2 Å². The number of carbonyl (C=O) groups is 1. The molecule has 0 aromatic heterocycles. The molecule has 0 spiro atoms. The molecule has 4 nitrogen and oxygen atoms in total. The molecule has 1 aliphatic carbocycles. The van der Waals surface area contributed by atoms with Crippen molar-refractivity contribution in [2.75, 3.05) is 0 Å². The van der Waals surface area contributed by atoms with Gasteiger partial charge in [0.15, 0.2) is 0 Å². The second-order valence-electron chi connectivity index (χ2n) is 6.05. The highest BCUT2D eigenvalue weighted by atomic mass is 19.4. The molecule has 0 unspecified atom stereocenters. The minimum absolute atomic E-state index is 0.115. The van der Waals surface area contributed by atoms with E-state index >= 15 is 0 Å². The van der Waals surface area contributed by atoms with E-state index in [1.807, 2.05) is 0 Å². The standard InChI is InChI=1S/C18H16F3NO3/c19-18(20,21)25-15-3-1-2-13(11-15)17(8-9-17)22-16(24)10-12-4-6-14(23)7-5-12/h1-7,11,23H,8-10H2,(H,22,24). The number of hydrogen-bond acceptors (Lipinski definition) is 3. The summed E-state index contributed by atoms with van der Waals surface area (Å²) in [7, 11) is 0. The van der Waals surface area contributed by atoms with Crippen LogP contribution in [0.5, 0.6) is 11.5 Å². The van der Waals surface area contributed by atoms with Crippen molar-refractivity contribution in [3.8, 4) is 11.5 Å². The summed E-state index contributed by atoms with van der Waals surface area (Å²) in [5.74, 6) is -0.418. The molecule has 3 rings (SSSR count). The first kappa shape index (κ1) is 17.1. The third kappa shape index (κ3) is 4.43. The second-order valence-corrected chi connectivity index (χ2v) is 6.05. The lowest BCUT2D eigenvalue weighted by Crippen LogP contribution is -2.35. The Labute approximate surface area is 142 Å². The molecular weight excluding hydrogens is 335 g/mol. The van der Waals surface area contributed by atoms with Gasteiger partial charge in [-0.1, -0.05) is 24.3 Å². The molecule has 1 amide bonds. The van der Waals surface area contributed by atoms with Gasteiger partial charge in [-0.25, -0.2) is 0 Å². The van der Waals surface area contributed by atoms with Gasteiger partial charge in [0.1, 0.15) is 11.5 Å². The van der Waals surface area contributed by atoms with Crippen molar-refractivity contribution in [3.05, 3.63) is 59.7 Å². The Balaban J connectivity index is 1.69. The molecule has 1 saturated carbocycles. The third-order valence-corrected chi connectivity index (χ3v) is 4.05. The Bertz CT molecular complexity index is 768. The SMILES string of the molecule is O=C(Cc1ccc(O)cc1)NC1(c2cccc(OC(F)(F)F)c2)CC1. The highest BCUT2D eigenvalue weighted by Crippen LogP contribution is 2.46. The topological polar surface area (TPSA) is 58.6 Å². The Kier molecular flexibility index (Phi) is 4.32. The number of ether oxygens (including phenoxy) is 1. The van der Waals surface area contributed by atoms with Crippen LogP contribution in [0.3, 0.4) is 0 Å². The van der Waals surface area contributed by atoms with Crippen molar-refractivity contribution in [1.82, 2.24) is 5.32 Å². The van der Waals surface area contributed by atoms with Crippen molar-refractivity contribution >= 4 is 5.91 Å². The Morgan fingerprint density at radius 1 is 1.16 bits per heavy atom. The second kappa shape index (κ2) is 6.31. The zero-order chi connectivity index (χ0) is 18.1. The zero-order valence-corrected chi connectivity index (χ0v) is 13.1. The lowest BCUT2D eigenvalue weighted by atomic mass is 10.0. The molecule has 0 aliphatic heterocycles.